The second-order valence-corrected chi connectivity index (χ2v) is 4.80. The number of hydrogen-bond donors (Lipinski definition) is 1. The lowest BCUT2D eigenvalue weighted by atomic mass is 10.2. The van der Waals surface area contributed by atoms with E-state index in [9.17, 15) is 0 Å². The van der Waals surface area contributed by atoms with Crippen LogP contribution in [0.2, 0.25) is 10.0 Å². The Morgan fingerprint density at radius 3 is 2.44 bits per heavy atom. The summed E-state index contributed by atoms with van der Waals surface area (Å²) in [5.74, 6) is 0.649. The Labute approximate surface area is 119 Å². The van der Waals surface area contributed by atoms with Crippen LogP contribution in [0.1, 0.15) is 19.4 Å². The van der Waals surface area contributed by atoms with Crippen LogP contribution in [0.4, 0.5) is 0 Å². The van der Waals surface area contributed by atoms with Gasteiger partial charge in [-0.3, -0.25) is 0 Å². The Kier molecular flexibility index (Phi) is 6.79. The summed E-state index contributed by atoms with van der Waals surface area (Å²) in [6, 6.07) is 3.47. The molecule has 0 fully saturated rings. The number of likely N-dealkylation sites (N-methyl/N-ethyl adjacent to an activating group) is 1. The van der Waals surface area contributed by atoms with E-state index in [1.54, 1.807) is 12.1 Å². The van der Waals surface area contributed by atoms with Crippen molar-refractivity contribution in [3.63, 3.8) is 0 Å². The van der Waals surface area contributed by atoms with Gasteiger partial charge in [-0.05, 0) is 25.2 Å². The highest BCUT2D eigenvalue weighted by Crippen LogP contribution is 2.32. The first kappa shape index (κ1) is 15.6. The standard InChI is InChI=1S/C13H20Cl2N2O/c1-3-17(4-2)5-6-18-13-10(9-16)7-11(14)8-12(13)15/h7-8H,3-6,9,16H2,1-2H3. The summed E-state index contributed by atoms with van der Waals surface area (Å²) in [4.78, 5) is 2.28. The summed E-state index contributed by atoms with van der Waals surface area (Å²) in [6.07, 6.45) is 0. The molecule has 0 spiro atoms. The number of nitrogens with two attached hydrogens (primary N) is 1. The van der Waals surface area contributed by atoms with E-state index in [0.717, 1.165) is 25.2 Å². The van der Waals surface area contributed by atoms with Crippen LogP contribution in [0, 0.1) is 0 Å². The van der Waals surface area contributed by atoms with E-state index in [1.165, 1.54) is 0 Å². The van der Waals surface area contributed by atoms with Crippen molar-refractivity contribution in [3.05, 3.63) is 27.7 Å². The van der Waals surface area contributed by atoms with Crippen molar-refractivity contribution in [1.29, 1.82) is 0 Å². The summed E-state index contributed by atoms with van der Waals surface area (Å²) in [7, 11) is 0. The fourth-order valence-electron chi connectivity index (χ4n) is 1.74. The molecule has 0 aliphatic rings. The van der Waals surface area contributed by atoms with Crippen molar-refractivity contribution in [1.82, 2.24) is 4.90 Å². The van der Waals surface area contributed by atoms with Gasteiger partial charge in [0.15, 0.2) is 0 Å². The fraction of sp³-hybridized carbons (Fsp3) is 0.538. The van der Waals surface area contributed by atoms with Crippen LogP contribution in [0.25, 0.3) is 0 Å². The first-order valence-electron chi connectivity index (χ1n) is 6.15. The van der Waals surface area contributed by atoms with Gasteiger partial charge in [0.1, 0.15) is 12.4 Å². The molecule has 18 heavy (non-hydrogen) atoms. The van der Waals surface area contributed by atoms with Crippen molar-refractivity contribution in [3.8, 4) is 5.75 Å². The lowest BCUT2D eigenvalue weighted by Gasteiger charge is -2.19. The number of rotatable bonds is 7. The molecule has 0 unspecified atom stereocenters. The zero-order chi connectivity index (χ0) is 13.5. The molecule has 0 amide bonds. The molecule has 0 aliphatic heterocycles. The molecule has 102 valence electrons. The van der Waals surface area contributed by atoms with Crippen LogP contribution in [0.3, 0.4) is 0 Å². The molecule has 0 bridgehead atoms. The predicted octanol–water partition coefficient (Wildman–Crippen LogP) is 3.17. The molecule has 3 nitrogen and oxygen atoms in total. The molecule has 0 atom stereocenters. The molecule has 1 aromatic rings. The number of nitrogens with zero attached hydrogens (tertiary/aromatic N) is 1. The lowest BCUT2D eigenvalue weighted by Crippen LogP contribution is -2.28. The number of halogens is 2. The van der Waals surface area contributed by atoms with Crippen LogP contribution in [0.15, 0.2) is 12.1 Å². The predicted molar refractivity (Wildman–Crippen MR) is 77.6 cm³/mol. The minimum atomic E-state index is 0.362. The highest BCUT2D eigenvalue weighted by molar-refractivity contribution is 6.35. The summed E-state index contributed by atoms with van der Waals surface area (Å²) in [6.45, 7) is 8.11. The smallest absolute Gasteiger partial charge is 0.142 e. The third kappa shape index (κ3) is 4.32. The molecule has 2 N–H and O–H groups in total. The third-order valence-electron chi connectivity index (χ3n) is 2.85. The molecule has 0 saturated carbocycles. The Balaban J connectivity index is 2.66. The molecular formula is C13H20Cl2N2O. The lowest BCUT2D eigenvalue weighted by molar-refractivity contribution is 0.222. The van der Waals surface area contributed by atoms with Crippen LogP contribution < -0.4 is 10.5 Å². The summed E-state index contributed by atoms with van der Waals surface area (Å²) in [5, 5.41) is 1.10. The van der Waals surface area contributed by atoms with Gasteiger partial charge in [0.2, 0.25) is 0 Å². The Morgan fingerprint density at radius 2 is 1.89 bits per heavy atom. The monoisotopic (exact) mass is 290 g/mol. The van der Waals surface area contributed by atoms with Crippen molar-refractivity contribution in [2.24, 2.45) is 5.73 Å². The van der Waals surface area contributed by atoms with Crippen LogP contribution in [0.5, 0.6) is 5.75 Å². The highest BCUT2D eigenvalue weighted by atomic mass is 35.5. The molecule has 1 aromatic carbocycles. The fourth-order valence-corrected chi connectivity index (χ4v) is 2.33. The average Bonchev–Trinajstić information content (AvgIpc) is 2.36. The minimum absolute atomic E-state index is 0.362. The Hall–Kier alpha value is -0.480. The summed E-state index contributed by atoms with van der Waals surface area (Å²) < 4.78 is 5.74. The molecule has 0 aromatic heterocycles. The van der Waals surface area contributed by atoms with Gasteiger partial charge in [0, 0.05) is 23.7 Å². The normalized spacial score (nSPS) is 11.0. The topological polar surface area (TPSA) is 38.5 Å². The SMILES string of the molecule is CCN(CC)CCOc1c(Cl)cc(Cl)cc1CN. The van der Waals surface area contributed by atoms with Crippen molar-refractivity contribution < 1.29 is 4.74 Å². The molecular weight excluding hydrogens is 271 g/mol. The largest absolute Gasteiger partial charge is 0.490 e. The van der Waals surface area contributed by atoms with Gasteiger partial charge in [-0.15, -0.1) is 0 Å². The first-order chi connectivity index (χ1) is 8.62. The van der Waals surface area contributed by atoms with Gasteiger partial charge >= 0.3 is 0 Å². The van der Waals surface area contributed by atoms with E-state index in [0.29, 0.717) is 28.9 Å². The van der Waals surface area contributed by atoms with Gasteiger partial charge in [-0.2, -0.15) is 0 Å². The maximum Gasteiger partial charge on any atom is 0.142 e. The van der Waals surface area contributed by atoms with E-state index in [-0.39, 0.29) is 0 Å². The molecule has 0 radical (unpaired) electrons. The zero-order valence-electron chi connectivity index (χ0n) is 10.9. The highest BCUT2D eigenvalue weighted by Gasteiger charge is 2.10. The van der Waals surface area contributed by atoms with E-state index in [4.69, 9.17) is 33.7 Å². The van der Waals surface area contributed by atoms with Crippen LogP contribution in [-0.2, 0) is 6.54 Å². The van der Waals surface area contributed by atoms with Crippen LogP contribution in [-0.4, -0.2) is 31.1 Å². The second kappa shape index (κ2) is 7.85. The molecule has 1 rings (SSSR count). The molecule has 0 saturated heterocycles. The zero-order valence-corrected chi connectivity index (χ0v) is 12.4. The maximum atomic E-state index is 6.12. The van der Waals surface area contributed by atoms with Gasteiger partial charge < -0.3 is 15.4 Å². The average molecular weight is 291 g/mol. The quantitative estimate of drug-likeness (QED) is 0.838. The Bertz CT molecular complexity index is 381. The van der Waals surface area contributed by atoms with Gasteiger partial charge in [-0.1, -0.05) is 37.0 Å². The molecule has 0 heterocycles. The summed E-state index contributed by atoms with van der Waals surface area (Å²) >= 11 is 12.0. The number of hydrogen-bond acceptors (Lipinski definition) is 3. The maximum absolute atomic E-state index is 6.12. The van der Waals surface area contributed by atoms with E-state index < -0.39 is 0 Å². The second-order valence-electron chi connectivity index (χ2n) is 3.96. The van der Waals surface area contributed by atoms with Gasteiger partial charge in [-0.25, -0.2) is 0 Å². The molecule has 5 heteroatoms. The number of benzene rings is 1. The summed E-state index contributed by atoms with van der Waals surface area (Å²) in [5.41, 5.74) is 6.50. The van der Waals surface area contributed by atoms with Crippen molar-refractivity contribution in [2.75, 3.05) is 26.2 Å². The van der Waals surface area contributed by atoms with Crippen molar-refractivity contribution >= 4 is 23.2 Å². The molecule has 0 aliphatic carbocycles. The van der Waals surface area contributed by atoms with E-state index in [1.807, 2.05) is 0 Å². The van der Waals surface area contributed by atoms with Gasteiger partial charge in [0.25, 0.3) is 0 Å². The van der Waals surface area contributed by atoms with E-state index >= 15 is 0 Å². The minimum Gasteiger partial charge on any atom is -0.490 e. The number of ether oxygens (including phenoxy) is 1. The third-order valence-corrected chi connectivity index (χ3v) is 3.35. The van der Waals surface area contributed by atoms with Gasteiger partial charge in [0.05, 0.1) is 5.02 Å². The van der Waals surface area contributed by atoms with E-state index in [2.05, 4.69) is 18.7 Å². The Morgan fingerprint density at radius 1 is 1.22 bits per heavy atom. The van der Waals surface area contributed by atoms with Crippen LogP contribution >= 0.6 is 23.2 Å². The first-order valence-corrected chi connectivity index (χ1v) is 6.91. The van der Waals surface area contributed by atoms with Crippen molar-refractivity contribution in [2.45, 2.75) is 20.4 Å².